The Morgan fingerprint density at radius 1 is 1.19 bits per heavy atom. The number of ether oxygens (including phenoxy) is 1. The molecule has 1 saturated heterocycles. The fraction of sp³-hybridized carbons (Fsp3) is 0.733. The minimum absolute atomic E-state index is 0.0404. The van der Waals surface area contributed by atoms with Crippen LogP contribution in [0.5, 0.6) is 0 Å². The van der Waals surface area contributed by atoms with Crippen LogP contribution in [0.4, 0.5) is 0 Å². The van der Waals surface area contributed by atoms with E-state index in [2.05, 4.69) is 47.3 Å². The fourth-order valence-corrected chi connectivity index (χ4v) is 3.28. The van der Waals surface area contributed by atoms with E-state index in [1.54, 1.807) is 0 Å². The highest BCUT2D eigenvalue weighted by molar-refractivity contribution is 5.37. The molecule has 2 unspecified atom stereocenters. The molecule has 0 N–H and O–H groups in total. The summed E-state index contributed by atoms with van der Waals surface area (Å²) in [6, 6.07) is 0. The zero-order valence-electron chi connectivity index (χ0n) is 11.3. The zero-order chi connectivity index (χ0) is 12.2. The van der Waals surface area contributed by atoms with Gasteiger partial charge in [0, 0.05) is 5.41 Å². The van der Waals surface area contributed by atoms with Crippen LogP contribution in [0, 0.1) is 5.41 Å². The van der Waals surface area contributed by atoms with E-state index in [1.807, 2.05) is 0 Å². The Hall–Kier alpha value is -0.560. The lowest BCUT2D eigenvalue weighted by molar-refractivity contribution is 0.165. The molecule has 2 fully saturated rings. The van der Waals surface area contributed by atoms with Crippen molar-refractivity contribution in [3.8, 4) is 0 Å². The van der Waals surface area contributed by atoms with Gasteiger partial charge in [0.05, 0.1) is 5.60 Å². The van der Waals surface area contributed by atoms with Crippen molar-refractivity contribution in [1.29, 1.82) is 0 Å². The Morgan fingerprint density at radius 2 is 1.81 bits per heavy atom. The van der Waals surface area contributed by atoms with E-state index in [0.29, 0.717) is 0 Å². The van der Waals surface area contributed by atoms with E-state index < -0.39 is 0 Å². The number of allylic oxidation sites excluding steroid dienone is 2. The largest absolute Gasteiger partial charge is 0.358 e. The van der Waals surface area contributed by atoms with Crippen molar-refractivity contribution in [2.24, 2.45) is 5.41 Å². The number of epoxide rings is 1. The van der Waals surface area contributed by atoms with Gasteiger partial charge in [-0.15, -0.1) is 0 Å². The smallest absolute Gasteiger partial charge is 0.121 e. The highest BCUT2D eigenvalue weighted by Crippen LogP contribution is 2.66. The number of hydrogen-bond acceptors (Lipinski definition) is 1. The van der Waals surface area contributed by atoms with Gasteiger partial charge in [0.1, 0.15) is 5.60 Å². The minimum Gasteiger partial charge on any atom is -0.358 e. The third-order valence-electron chi connectivity index (χ3n) is 4.68. The van der Waals surface area contributed by atoms with Gasteiger partial charge in [0.25, 0.3) is 0 Å². The summed E-state index contributed by atoms with van der Waals surface area (Å²) < 4.78 is 6.17. The molecular formula is C15H24O. The summed E-state index contributed by atoms with van der Waals surface area (Å²) in [7, 11) is 0. The fourth-order valence-electron chi connectivity index (χ4n) is 3.28. The molecule has 0 spiro atoms. The molecule has 2 atom stereocenters. The molecule has 1 heteroatoms. The van der Waals surface area contributed by atoms with Crippen LogP contribution in [0.1, 0.15) is 53.9 Å². The van der Waals surface area contributed by atoms with Crippen molar-refractivity contribution in [3.05, 3.63) is 23.8 Å². The minimum atomic E-state index is -0.0404. The molecule has 0 radical (unpaired) electrons. The van der Waals surface area contributed by atoms with Crippen LogP contribution in [-0.4, -0.2) is 11.2 Å². The molecule has 1 aliphatic heterocycles. The van der Waals surface area contributed by atoms with Crippen LogP contribution in [0.3, 0.4) is 0 Å². The molecule has 0 amide bonds. The Labute approximate surface area is 99.6 Å². The molecule has 1 saturated carbocycles. The van der Waals surface area contributed by atoms with Gasteiger partial charge in [-0.3, -0.25) is 0 Å². The van der Waals surface area contributed by atoms with Crippen LogP contribution >= 0.6 is 0 Å². The van der Waals surface area contributed by atoms with E-state index in [1.165, 1.54) is 24.8 Å². The summed E-state index contributed by atoms with van der Waals surface area (Å²) in [4.78, 5) is 0. The predicted molar refractivity (Wildman–Crippen MR) is 68.4 cm³/mol. The van der Waals surface area contributed by atoms with Crippen molar-refractivity contribution in [1.82, 2.24) is 0 Å². The SMILES string of the molecule is C=C(C)/C(C)=C/C12OC1(C)CCCC2(C)C. The van der Waals surface area contributed by atoms with Crippen molar-refractivity contribution in [2.75, 3.05) is 0 Å². The van der Waals surface area contributed by atoms with Crippen molar-refractivity contribution in [2.45, 2.75) is 65.1 Å². The molecule has 90 valence electrons. The summed E-state index contributed by atoms with van der Waals surface area (Å²) in [6.07, 6.45) is 6.05. The molecule has 1 heterocycles. The molecule has 1 aliphatic carbocycles. The van der Waals surface area contributed by atoms with Crippen LogP contribution in [0.25, 0.3) is 0 Å². The predicted octanol–water partition coefficient (Wildman–Crippen LogP) is 4.25. The highest BCUT2D eigenvalue weighted by Gasteiger charge is 2.73. The number of hydrogen-bond donors (Lipinski definition) is 0. The topological polar surface area (TPSA) is 12.5 Å². The first kappa shape index (κ1) is 11.9. The summed E-state index contributed by atoms with van der Waals surface area (Å²) >= 11 is 0. The quantitative estimate of drug-likeness (QED) is 0.501. The molecule has 0 aromatic heterocycles. The second kappa shape index (κ2) is 3.22. The van der Waals surface area contributed by atoms with Gasteiger partial charge in [-0.2, -0.15) is 0 Å². The standard InChI is InChI=1S/C15H24O/c1-11(2)12(3)10-15-13(4,5)8-7-9-14(15,6)16-15/h10H,1,7-9H2,2-6H3/b12-10+. The van der Waals surface area contributed by atoms with E-state index in [-0.39, 0.29) is 16.6 Å². The maximum absolute atomic E-state index is 6.17. The van der Waals surface area contributed by atoms with E-state index in [0.717, 1.165) is 5.57 Å². The summed E-state index contributed by atoms with van der Waals surface area (Å²) in [5, 5.41) is 0. The maximum atomic E-state index is 6.17. The Bertz CT molecular complexity index is 364. The molecule has 0 aromatic carbocycles. The van der Waals surface area contributed by atoms with Crippen LogP contribution in [-0.2, 0) is 4.74 Å². The molecule has 16 heavy (non-hydrogen) atoms. The van der Waals surface area contributed by atoms with E-state index >= 15 is 0 Å². The van der Waals surface area contributed by atoms with Crippen LogP contribution in [0.2, 0.25) is 0 Å². The first-order valence-corrected chi connectivity index (χ1v) is 6.30. The molecule has 1 nitrogen and oxygen atoms in total. The Balaban J connectivity index is 2.38. The van der Waals surface area contributed by atoms with Gasteiger partial charge in [-0.25, -0.2) is 0 Å². The first-order valence-electron chi connectivity index (χ1n) is 6.30. The monoisotopic (exact) mass is 220 g/mol. The second-order valence-corrected chi connectivity index (χ2v) is 6.41. The normalized spacial score (nSPS) is 41.4. The van der Waals surface area contributed by atoms with Gasteiger partial charge >= 0.3 is 0 Å². The third-order valence-corrected chi connectivity index (χ3v) is 4.68. The maximum Gasteiger partial charge on any atom is 0.121 e. The van der Waals surface area contributed by atoms with Crippen molar-refractivity contribution >= 4 is 0 Å². The van der Waals surface area contributed by atoms with Gasteiger partial charge < -0.3 is 4.74 Å². The van der Waals surface area contributed by atoms with E-state index in [9.17, 15) is 0 Å². The lowest BCUT2D eigenvalue weighted by Crippen LogP contribution is -2.41. The summed E-state index contributed by atoms with van der Waals surface area (Å²) in [6.45, 7) is 15.2. The molecule has 2 rings (SSSR count). The van der Waals surface area contributed by atoms with Crippen molar-refractivity contribution < 1.29 is 4.74 Å². The number of fused-ring (bicyclic) bond motifs is 1. The Morgan fingerprint density at radius 3 is 2.31 bits per heavy atom. The highest BCUT2D eigenvalue weighted by atomic mass is 16.6. The van der Waals surface area contributed by atoms with Crippen molar-refractivity contribution in [3.63, 3.8) is 0 Å². The lowest BCUT2D eigenvalue weighted by Gasteiger charge is -2.37. The average Bonchev–Trinajstić information content (AvgIpc) is 2.73. The van der Waals surface area contributed by atoms with Gasteiger partial charge in [0.2, 0.25) is 0 Å². The molecule has 0 bridgehead atoms. The number of rotatable bonds is 2. The summed E-state index contributed by atoms with van der Waals surface area (Å²) in [5.74, 6) is 0. The first-order chi connectivity index (χ1) is 7.24. The second-order valence-electron chi connectivity index (χ2n) is 6.41. The van der Waals surface area contributed by atoms with Gasteiger partial charge in [-0.05, 0) is 51.7 Å². The Kier molecular flexibility index (Phi) is 2.40. The molecule has 2 aliphatic rings. The lowest BCUT2D eigenvalue weighted by atomic mass is 9.63. The van der Waals surface area contributed by atoms with E-state index in [4.69, 9.17) is 4.74 Å². The van der Waals surface area contributed by atoms with Gasteiger partial charge in [-0.1, -0.05) is 26.0 Å². The van der Waals surface area contributed by atoms with Gasteiger partial charge in [0.15, 0.2) is 0 Å². The zero-order valence-corrected chi connectivity index (χ0v) is 11.3. The van der Waals surface area contributed by atoms with Crippen LogP contribution < -0.4 is 0 Å². The third kappa shape index (κ3) is 1.41. The molecular weight excluding hydrogens is 196 g/mol. The molecule has 0 aromatic rings. The summed E-state index contributed by atoms with van der Waals surface area (Å²) in [5.41, 5.74) is 2.70. The average molecular weight is 220 g/mol. The van der Waals surface area contributed by atoms with Crippen LogP contribution in [0.15, 0.2) is 23.8 Å².